The third kappa shape index (κ3) is 9.46. The zero-order chi connectivity index (χ0) is 38.2. The number of benzene rings is 4. The molecule has 0 saturated carbocycles. The van der Waals surface area contributed by atoms with Crippen molar-refractivity contribution in [2.45, 2.75) is 46.1 Å². The highest BCUT2D eigenvalue weighted by Gasteiger charge is 2.30. The first kappa shape index (κ1) is 37.7. The van der Waals surface area contributed by atoms with E-state index in [0.29, 0.717) is 46.8 Å². The number of nitrogens with zero attached hydrogens (tertiary/aromatic N) is 3. The molecule has 54 heavy (non-hydrogen) atoms. The van der Waals surface area contributed by atoms with Crippen LogP contribution in [0.1, 0.15) is 50.3 Å². The Labute approximate surface area is 314 Å². The van der Waals surface area contributed by atoms with Gasteiger partial charge in [-0.2, -0.15) is 0 Å². The predicted octanol–water partition coefficient (Wildman–Crippen LogP) is 9.77. The van der Waals surface area contributed by atoms with Crippen LogP contribution < -0.4 is 10.1 Å². The molecular weight excluding hydrogens is 685 g/mol. The maximum atomic E-state index is 15.1. The molecule has 5 aromatic rings. The highest BCUT2D eigenvalue weighted by molar-refractivity contribution is 6.43. The number of rotatable bonds is 13. The third-order valence-electron chi connectivity index (χ3n) is 8.53. The first-order valence-electron chi connectivity index (χ1n) is 17.8. The van der Waals surface area contributed by atoms with Gasteiger partial charge in [-0.15, -0.1) is 0 Å². The molecule has 2 heterocycles. The van der Waals surface area contributed by atoms with Crippen molar-refractivity contribution in [3.63, 3.8) is 0 Å². The Morgan fingerprint density at radius 3 is 2.09 bits per heavy atom. The van der Waals surface area contributed by atoms with Crippen molar-refractivity contribution in [2.24, 2.45) is 9.98 Å². The number of carbonyl (C=O) groups is 2. The molecule has 1 aliphatic heterocycles. The summed E-state index contributed by atoms with van der Waals surface area (Å²) >= 11 is 0. The topological polar surface area (TPSA) is 94.3 Å². The number of alkyl carbamates (subject to hydrolysis) is 1. The summed E-state index contributed by atoms with van der Waals surface area (Å²) < 4.78 is 42.2. The van der Waals surface area contributed by atoms with Gasteiger partial charge in [0, 0.05) is 35.4 Å². The molecule has 6 rings (SSSR count). The van der Waals surface area contributed by atoms with E-state index < -0.39 is 19.1 Å². The summed E-state index contributed by atoms with van der Waals surface area (Å²) in [6.07, 6.45) is 2.06. The molecule has 1 aromatic heterocycles. The summed E-state index contributed by atoms with van der Waals surface area (Å²) in [6.45, 7) is 7.51. The minimum absolute atomic E-state index is 0.0893. The van der Waals surface area contributed by atoms with Crippen LogP contribution in [0.5, 0.6) is 5.75 Å². The Kier molecular flexibility index (Phi) is 11.7. The molecule has 1 N–H and O–H groups in total. The summed E-state index contributed by atoms with van der Waals surface area (Å²) in [7, 11) is -2.88. The van der Waals surface area contributed by atoms with Gasteiger partial charge in [0.1, 0.15) is 23.8 Å². The molecule has 1 amide bonds. The molecule has 0 radical (unpaired) electrons. The first-order chi connectivity index (χ1) is 25.9. The molecule has 0 spiro atoms. The number of ether oxygens (including phenoxy) is 2. The van der Waals surface area contributed by atoms with E-state index in [1.165, 1.54) is 0 Å². The van der Waals surface area contributed by atoms with Crippen molar-refractivity contribution < 1.29 is 27.7 Å². The quantitative estimate of drug-likeness (QED) is 0.0966. The summed E-state index contributed by atoms with van der Waals surface area (Å²) in [6, 6.07) is 35.3. The summed E-state index contributed by atoms with van der Waals surface area (Å²) in [5, 5.41) is 2.65. The number of hydrogen-bond donors (Lipinski definition) is 1. The van der Waals surface area contributed by atoms with Gasteiger partial charge >= 0.3 is 13.5 Å². The second kappa shape index (κ2) is 16.7. The lowest BCUT2D eigenvalue weighted by molar-refractivity contribution is -0.121. The third-order valence-corrected chi connectivity index (χ3v) is 8.53. The number of carbonyl (C=O) groups excluding carboxylic acids is 2. The Morgan fingerprint density at radius 2 is 1.46 bits per heavy atom. The number of aromatic nitrogens is 1. The zero-order valence-corrected chi connectivity index (χ0v) is 30.7. The van der Waals surface area contributed by atoms with Crippen molar-refractivity contribution in [3.8, 4) is 28.1 Å². The van der Waals surface area contributed by atoms with Crippen LogP contribution >= 0.6 is 0 Å². The SMILES string of the molecule is Cc1ccc(-c2cc(-c3ccccc3)n(B(F)F)c2N=C2N=C(c3ccccc3)C=C2c2ccc(OCC(=O)CCCNC(=O)OC(C)(C)C)cc2)cc1. The molecule has 0 unspecified atom stereocenters. The van der Waals surface area contributed by atoms with Gasteiger partial charge in [-0.05, 0) is 75.1 Å². The molecule has 0 atom stereocenters. The smallest absolute Gasteiger partial charge is 0.486 e. The number of Topliss-reactive ketones (excluding diaryl/α,β-unsaturated/α-hetero) is 1. The Hall–Kier alpha value is -6.10. The Bertz CT molecular complexity index is 2190. The lowest BCUT2D eigenvalue weighted by Crippen LogP contribution is -2.33. The normalized spacial score (nSPS) is 13.3. The van der Waals surface area contributed by atoms with Crippen LogP contribution in [0.4, 0.5) is 19.2 Å². The monoisotopic (exact) mass is 726 g/mol. The van der Waals surface area contributed by atoms with E-state index in [4.69, 9.17) is 19.5 Å². The minimum Gasteiger partial charge on any atom is -0.486 e. The van der Waals surface area contributed by atoms with Crippen LogP contribution in [0.2, 0.25) is 0 Å². The molecule has 11 heteroatoms. The predicted molar refractivity (Wildman–Crippen MR) is 212 cm³/mol. The van der Waals surface area contributed by atoms with E-state index in [1.807, 2.05) is 97.9 Å². The number of amides is 1. The first-order valence-corrected chi connectivity index (χ1v) is 17.8. The number of allylic oxidation sites excluding steroid dienone is 1. The average molecular weight is 727 g/mol. The fraction of sp³-hybridized carbons (Fsp3) is 0.209. The fourth-order valence-electron chi connectivity index (χ4n) is 5.92. The lowest BCUT2D eigenvalue weighted by atomic mass is 10.0. The molecule has 274 valence electrons. The van der Waals surface area contributed by atoms with Gasteiger partial charge in [0.05, 0.1) is 5.71 Å². The molecule has 8 nitrogen and oxygen atoms in total. The van der Waals surface area contributed by atoms with Crippen LogP contribution in [0.25, 0.3) is 28.0 Å². The molecule has 0 saturated heterocycles. The van der Waals surface area contributed by atoms with Crippen molar-refractivity contribution in [1.29, 1.82) is 0 Å². The largest absolute Gasteiger partial charge is 0.679 e. The van der Waals surface area contributed by atoms with Crippen LogP contribution in [0.15, 0.2) is 131 Å². The van der Waals surface area contributed by atoms with Crippen LogP contribution in [-0.4, -0.2) is 54.1 Å². The second-order valence-corrected chi connectivity index (χ2v) is 13.9. The molecule has 0 bridgehead atoms. The lowest BCUT2D eigenvalue weighted by Gasteiger charge is -2.19. The maximum Gasteiger partial charge on any atom is 0.679 e. The molecular formula is C43H41BF2N4O4. The van der Waals surface area contributed by atoms with Gasteiger partial charge in [-0.25, -0.2) is 14.8 Å². The zero-order valence-electron chi connectivity index (χ0n) is 30.7. The average Bonchev–Trinajstić information content (AvgIpc) is 3.75. The van der Waals surface area contributed by atoms with Gasteiger partial charge in [0.2, 0.25) is 0 Å². The van der Waals surface area contributed by atoms with Gasteiger partial charge in [0.15, 0.2) is 11.6 Å². The number of aryl methyl sites for hydroxylation is 1. The van der Waals surface area contributed by atoms with E-state index >= 15 is 8.63 Å². The van der Waals surface area contributed by atoms with Crippen molar-refractivity contribution in [1.82, 2.24) is 9.79 Å². The summed E-state index contributed by atoms with van der Waals surface area (Å²) in [5.41, 5.74) is 5.62. The number of aliphatic imine (C=N–C) groups is 2. The van der Waals surface area contributed by atoms with E-state index in [1.54, 1.807) is 51.1 Å². The number of nitrogens with one attached hydrogen (secondary N) is 1. The van der Waals surface area contributed by atoms with E-state index in [2.05, 4.69) is 5.32 Å². The summed E-state index contributed by atoms with van der Waals surface area (Å²) in [5.74, 6) is 0.748. The van der Waals surface area contributed by atoms with Crippen molar-refractivity contribution in [3.05, 3.63) is 138 Å². The highest BCUT2D eigenvalue weighted by atomic mass is 19.2. The van der Waals surface area contributed by atoms with Gasteiger partial charge in [0.25, 0.3) is 0 Å². The maximum absolute atomic E-state index is 15.1. The van der Waals surface area contributed by atoms with Gasteiger partial charge < -0.3 is 19.3 Å². The minimum atomic E-state index is -2.88. The van der Waals surface area contributed by atoms with Gasteiger partial charge in [-0.1, -0.05) is 103 Å². The molecule has 0 aliphatic carbocycles. The van der Waals surface area contributed by atoms with Crippen molar-refractivity contribution >= 4 is 42.2 Å². The highest BCUT2D eigenvalue weighted by Crippen LogP contribution is 2.40. The molecule has 4 aromatic carbocycles. The van der Waals surface area contributed by atoms with E-state index in [9.17, 15) is 9.59 Å². The Balaban J connectivity index is 1.28. The van der Waals surface area contributed by atoms with Crippen LogP contribution in [0, 0.1) is 6.92 Å². The van der Waals surface area contributed by atoms with Crippen LogP contribution in [0.3, 0.4) is 0 Å². The number of amidine groups is 1. The standard InChI is InChI=1S/C43H41BF2N4O4/c1-29-17-19-31(20-18-29)37-27-39(33-14-9-6-10-15-33)50(44(45)46)41(37)49-40-36(26-38(48-40)32-12-7-5-8-13-32)30-21-23-35(24-22-30)53-28-34(51)16-11-25-47-42(52)54-43(2,3)4/h5-10,12-15,17-24,26-27H,11,16,25,28H2,1-4H3,(H,47,52). The van der Waals surface area contributed by atoms with E-state index in [0.717, 1.165) is 26.7 Å². The number of ketones is 1. The van der Waals surface area contributed by atoms with Gasteiger partial charge in [-0.3, -0.25) is 13.4 Å². The second-order valence-electron chi connectivity index (χ2n) is 13.9. The van der Waals surface area contributed by atoms with Crippen LogP contribution in [-0.2, 0) is 9.53 Å². The van der Waals surface area contributed by atoms with E-state index in [-0.39, 0.29) is 30.5 Å². The Morgan fingerprint density at radius 1 is 0.833 bits per heavy atom. The fourth-order valence-corrected chi connectivity index (χ4v) is 5.92. The molecule has 1 aliphatic rings. The molecule has 0 fully saturated rings. The summed E-state index contributed by atoms with van der Waals surface area (Å²) in [4.78, 5) is 34.2. The number of hydrogen-bond acceptors (Lipinski definition) is 5. The number of halogens is 2. The van der Waals surface area contributed by atoms with Crippen molar-refractivity contribution in [2.75, 3.05) is 13.2 Å².